The Morgan fingerprint density at radius 1 is 1.24 bits per heavy atom. The quantitative estimate of drug-likeness (QED) is 0.755. The van der Waals surface area contributed by atoms with Crippen molar-refractivity contribution < 1.29 is 9.59 Å². The molecule has 0 bridgehead atoms. The maximum Gasteiger partial charge on any atom is 0.255 e. The minimum absolute atomic E-state index is 0.0500. The summed E-state index contributed by atoms with van der Waals surface area (Å²) in [6.07, 6.45) is 12.8. The van der Waals surface area contributed by atoms with E-state index in [2.05, 4.69) is 15.9 Å². The van der Waals surface area contributed by atoms with Crippen molar-refractivity contribution in [2.45, 2.75) is 32.2 Å². The van der Waals surface area contributed by atoms with Gasteiger partial charge in [-0.05, 0) is 55.0 Å². The number of aryl methyl sites for hydroxylation is 1. The first-order chi connectivity index (χ1) is 14.1. The van der Waals surface area contributed by atoms with Gasteiger partial charge in [0.1, 0.15) is 5.69 Å². The average Bonchev–Trinajstić information content (AvgIpc) is 3.19. The van der Waals surface area contributed by atoms with E-state index < -0.39 is 0 Å². The van der Waals surface area contributed by atoms with Crippen LogP contribution in [0, 0.1) is 25.2 Å². The van der Waals surface area contributed by atoms with Crippen molar-refractivity contribution in [2.75, 3.05) is 19.6 Å². The van der Waals surface area contributed by atoms with E-state index in [9.17, 15) is 9.59 Å². The zero-order valence-electron chi connectivity index (χ0n) is 16.5. The van der Waals surface area contributed by atoms with Crippen LogP contribution >= 0.6 is 0 Å². The van der Waals surface area contributed by atoms with E-state index in [1.165, 1.54) is 6.20 Å². The van der Waals surface area contributed by atoms with Gasteiger partial charge in [-0.1, -0.05) is 5.92 Å². The molecule has 4 rings (SSSR count). The summed E-state index contributed by atoms with van der Waals surface area (Å²) in [6.45, 7) is 3.99. The molecular formula is C23H24N4O2. The fourth-order valence-electron chi connectivity index (χ4n) is 4.39. The Hall–Kier alpha value is -3.20. The molecule has 4 heterocycles. The number of pyridine rings is 2. The normalized spacial score (nSPS) is 20.8. The number of carbonyl (C=O) groups is 2. The molecule has 6 nitrogen and oxygen atoms in total. The molecule has 2 saturated heterocycles. The number of aromatic nitrogens is 2. The lowest BCUT2D eigenvalue weighted by molar-refractivity contribution is -0.134. The maximum absolute atomic E-state index is 13.0. The first kappa shape index (κ1) is 19.1. The molecule has 2 aromatic heterocycles. The summed E-state index contributed by atoms with van der Waals surface area (Å²) in [5.41, 5.74) is 3.09. The smallest absolute Gasteiger partial charge is 0.255 e. The number of rotatable bonds is 3. The molecule has 2 aliphatic heterocycles. The number of fused-ring (bicyclic) bond motifs is 1. The highest BCUT2D eigenvalue weighted by atomic mass is 16.2. The number of amides is 2. The second-order valence-corrected chi connectivity index (χ2v) is 7.82. The van der Waals surface area contributed by atoms with Crippen molar-refractivity contribution >= 4 is 11.8 Å². The van der Waals surface area contributed by atoms with Crippen molar-refractivity contribution in [3.63, 3.8) is 0 Å². The van der Waals surface area contributed by atoms with Gasteiger partial charge in [0.25, 0.3) is 5.91 Å². The summed E-state index contributed by atoms with van der Waals surface area (Å²) in [7, 11) is 0. The van der Waals surface area contributed by atoms with Crippen LogP contribution in [0.4, 0.5) is 0 Å². The molecule has 0 aromatic carbocycles. The predicted octanol–water partition coefficient (Wildman–Crippen LogP) is 2.07. The minimum Gasteiger partial charge on any atom is -0.337 e. The summed E-state index contributed by atoms with van der Waals surface area (Å²) in [5, 5.41) is 0. The van der Waals surface area contributed by atoms with Crippen molar-refractivity contribution in [1.29, 1.82) is 0 Å². The van der Waals surface area contributed by atoms with Crippen LogP contribution in [-0.2, 0) is 11.2 Å². The largest absolute Gasteiger partial charge is 0.337 e. The predicted molar refractivity (Wildman–Crippen MR) is 109 cm³/mol. The molecule has 6 heteroatoms. The second-order valence-electron chi connectivity index (χ2n) is 7.82. The lowest BCUT2D eigenvalue weighted by Crippen LogP contribution is -2.49. The topological polar surface area (TPSA) is 66.4 Å². The zero-order valence-corrected chi connectivity index (χ0v) is 16.5. The van der Waals surface area contributed by atoms with Gasteiger partial charge in [0.15, 0.2) is 0 Å². The Bertz CT molecular complexity index is 964. The van der Waals surface area contributed by atoms with Gasteiger partial charge in [0.05, 0.1) is 18.0 Å². The number of likely N-dealkylation sites (tertiary alicyclic amines) is 2. The standard InChI is InChI=1S/C23H24N4O2/c1-3-20-7-6-17(13-25-20)23(29)26-14-18-5-4-10-27(21(18)15-26)22(28)11-19-12-24-9-8-16(19)2/h1,6-9,12-13,18,21H,4-5,10-11,14-15H2,2H3/t18-,21+/m0/s1. The van der Waals surface area contributed by atoms with Gasteiger partial charge in [0, 0.05) is 38.2 Å². The monoisotopic (exact) mass is 388 g/mol. The molecule has 2 aliphatic rings. The molecule has 2 atom stereocenters. The van der Waals surface area contributed by atoms with Crippen LogP contribution in [-0.4, -0.2) is 57.3 Å². The lowest BCUT2D eigenvalue weighted by atomic mass is 9.91. The maximum atomic E-state index is 13.0. The first-order valence-corrected chi connectivity index (χ1v) is 9.97. The van der Waals surface area contributed by atoms with E-state index in [-0.39, 0.29) is 17.9 Å². The third-order valence-corrected chi connectivity index (χ3v) is 6.04. The molecule has 0 aliphatic carbocycles. The number of hydrogen-bond donors (Lipinski definition) is 0. The summed E-state index contributed by atoms with van der Waals surface area (Å²) >= 11 is 0. The Morgan fingerprint density at radius 2 is 2.10 bits per heavy atom. The van der Waals surface area contributed by atoms with Crippen LogP contribution in [0.2, 0.25) is 0 Å². The van der Waals surface area contributed by atoms with Crippen LogP contribution in [0.3, 0.4) is 0 Å². The summed E-state index contributed by atoms with van der Waals surface area (Å²) in [6, 6.07) is 5.41. The third-order valence-electron chi connectivity index (χ3n) is 6.04. The zero-order chi connectivity index (χ0) is 20.4. The van der Waals surface area contributed by atoms with E-state index in [0.717, 1.165) is 30.5 Å². The van der Waals surface area contributed by atoms with E-state index in [1.54, 1.807) is 24.5 Å². The highest BCUT2D eigenvalue weighted by Crippen LogP contribution is 2.32. The van der Waals surface area contributed by atoms with Crippen LogP contribution in [0.1, 0.15) is 40.0 Å². The van der Waals surface area contributed by atoms with Gasteiger partial charge < -0.3 is 9.80 Å². The third kappa shape index (κ3) is 3.86. The van der Waals surface area contributed by atoms with Crippen molar-refractivity contribution in [1.82, 2.24) is 19.8 Å². The average molecular weight is 388 g/mol. The molecule has 148 valence electrons. The van der Waals surface area contributed by atoms with Gasteiger partial charge in [0.2, 0.25) is 5.91 Å². The number of terminal acetylenes is 1. The minimum atomic E-state index is -0.0500. The van der Waals surface area contributed by atoms with Gasteiger partial charge in [-0.3, -0.25) is 14.6 Å². The van der Waals surface area contributed by atoms with E-state index in [1.807, 2.05) is 22.8 Å². The lowest BCUT2D eigenvalue weighted by Gasteiger charge is -2.37. The Labute approximate surface area is 171 Å². The van der Waals surface area contributed by atoms with Crippen molar-refractivity contribution in [3.8, 4) is 12.3 Å². The molecule has 0 unspecified atom stereocenters. The highest BCUT2D eigenvalue weighted by molar-refractivity contribution is 5.94. The summed E-state index contributed by atoms with van der Waals surface area (Å²) in [5.74, 6) is 2.85. The van der Waals surface area contributed by atoms with E-state index in [0.29, 0.717) is 36.7 Å². The van der Waals surface area contributed by atoms with Gasteiger partial charge in [-0.15, -0.1) is 6.42 Å². The van der Waals surface area contributed by atoms with Gasteiger partial charge in [-0.25, -0.2) is 4.98 Å². The molecule has 29 heavy (non-hydrogen) atoms. The molecule has 2 aromatic rings. The number of carbonyl (C=O) groups excluding carboxylic acids is 2. The van der Waals surface area contributed by atoms with Gasteiger partial charge >= 0.3 is 0 Å². The molecular weight excluding hydrogens is 364 g/mol. The molecule has 2 fully saturated rings. The van der Waals surface area contributed by atoms with Crippen LogP contribution in [0.5, 0.6) is 0 Å². The molecule has 2 amide bonds. The van der Waals surface area contributed by atoms with Crippen LogP contribution < -0.4 is 0 Å². The van der Waals surface area contributed by atoms with Crippen LogP contribution in [0.15, 0.2) is 36.8 Å². The van der Waals surface area contributed by atoms with Gasteiger partial charge in [-0.2, -0.15) is 0 Å². The Kier molecular flexibility index (Phi) is 5.30. The molecule has 0 N–H and O–H groups in total. The Morgan fingerprint density at radius 3 is 2.83 bits per heavy atom. The summed E-state index contributed by atoms with van der Waals surface area (Å²) in [4.78, 5) is 38.1. The number of hydrogen-bond acceptors (Lipinski definition) is 4. The number of piperidine rings is 1. The van der Waals surface area contributed by atoms with E-state index >= 15 is 0 Å². The SMILES string of the molecule is C#Cc1ccc(C(=O)N2C[C@@H]3CCCN(C(=O)Cc4cnccc4C)[C@@H]3C2)cn1. The molecule has 0 spiro atoms. The Balaban J connectivity index is 1.46. The summed E-state index contributed by atoms with van der Waals surface area (Å²) < 4.78 is 0. The number of nitrogens with zero attached hydrogens (tertiary/aromatic N) is 4. The van der Waals surface area contributed by atoms with E-state index in [4.69, 9.17) is 6.42 Å². The van der Waals surface area contributed by atoms with Crippen molar-refractivity contribution in [2.24, 2.45) is 5.92 Å². The molecule has 0 saturated carbocycles. The van der Waals surface area contributed by atoms with Crippen LogP contribution in [0.25, 0.3) is 0 Å². The second kappa shape index (κ2) is 8.04. The fourth-order valence-corrected chi connectivity index (χ4v) is 4.39. The van der Waals surface area contributed by atoms with Crippen molar-refractivity contribution in [3.05, 3.63) is 59.2 Å². The highest BCUT2D eigenvalue weighted by Gasteiger charge is 2.42. The molecule has 0 radical (unpaired) electrons. The fraction of sp³-hybridized carbons (Fsp3) is 0.391. The first-order valence-electron chi connectivity index (χ1n) is 9.97.